The summed E-state index contributed by atoms with van der Waals surface area (Å²) in [5.41, 5.74) is 1.08. The molecule has 0 aliphatic heterocycles. The third-order valence-corrected chi connectivity index (χ3v) is 3.12. The number of nitrogens with zero attached hydrogens (tertiary/aromatic N) is 2. The molecule has 0 aliphatic rings. The van der Waals surface area contributed by atoms with Crippen molar-refractivity contribution in [1.82, 2.24) is 10.1 Å². The number of amides is 1. The Bertz CT molecular complexity index is 695. The predicted octanol–water partition coefficient (Wildman–Crippen LogP) is 1.56. The van der Waals surface area contributed by atoms with E-state index in [9.17, 15) is 9.59 Å². The molecule has 1 heterocycles. The molecular formula is C16H18N2O6. The van der Waals surface area contributed by atoms with Crippen LogP contribution in [0.3, 0.4) is 0 Å². The zero-order chi connectivity index (χ0) is 17.5. The SMILES string of the molecule is COCc1cc(C(=O)N(C)Cc2ccc(OCC(=O)O)cc2)no1. The summed E-state index contributed by atoms with van der Waals surface area (Å²) in [6.45, 7) is 0.222. The van der Waals surface area contributed by atoms with Crippen LogP contribution in [0, 0.1) is 0 Å². The van der Waals surface area contributed by atoms with Gasteiger partial charge in [0, 0.05) is 26.8 Å². The lowest BCUT2D eigenvalue weighted by Crippen LogP contribution is -2.26. The third kappa shape index (κ3) is 4.82. The van der Waals surface area contributed by atoms with Gasteiger partial charge in [-0.2, -0.15) is 0 Å². The second kappa shape index (κ2) is 8.11. The summed E-state index contributed by atoms with van der Waals surface area (Å²) in [5.74, 6) is -0.373. The molecule has 24 heavy (non-hydrogen) atoms. The molecule has 1 aromatic carbocycles. The van der Waals surface area contributed by atoms with Crippen LogP contribution >= 0.6 is 0 Å². The quantitative estimate of drug-likeness (QED) is 0.781. The van der Waals surface area contributed by atoms with E-state index in [0.717, 1.165) is 5.56 Å². The molecule has 8 heteroatoms. The zero-order valence-electron chi connectivity index (χ0n) is 13.4. The first-order valence-corrected chi connectivity index (χ1v) is 7.13. The molecule has 1 N–H and O–H groups in total. The molecule has 128 valence electrons. The van der Waals surface area contributed by atoms with Gasteiger partial charge in [-0.1, -0.05) is 17.3 Å². The number of methoxy groups -OCH3 is 1. The van der Waals surface area contributed by atoms with E-state index in [4.69, 9.17) is 19.1 Å². The minimum Gasteiger partial charge on any atom is -0.482 e. The van der Waals surface area contributed by atoms with E-state index in [2.05, 4.69) is 5.16 Å². The lowest BCUT2D eigenvalue weighted by molar-refractivity contribution is -0.139. The Hall–Kier alpha value is -2.87. The molecule has 0 saturated heterocycles. The van der Waals surface area contributed by atoms with Crippen LogP contribution in [0.2, 0.25) is 0 Å². The average molecular weight is 334 g/mol. The summed E-state index contributed by atoms with van der Waals surface area (Å²) >= 11 is 0. The number of carbonyl (C=O) groups is 2. The Kier molecular flexibility index (Phi) is 5.91. The highest BCUT2D eigenvalue weighted by atomic mass is 16.5. The van der Waals surface area contributed by atoms with Crippen LogP contribution in [-0.2, 0) is 22.7 Å². The lowest BCUT2D eigenvalue weighted by atomic mass is 10.2. The number of ether oxygens (including phenoxy) is 2. The maximum absolute atomic E-state index is 12.3. The number of carboxylic acids is 1. The fourth-order valence-electron chi connectivity index (χ4n) is 2.00. The number of benzene rings is 1. The van der Waals surface area contributed by atoms with E-state index in [-0.39, 0.29) is 18.2 Å². The van der Waals surface area contributed by atoms with Gasteiger partial charge >= 0.3 is 5.97 Å². The summed E-state index contributed by atoms with van der Waals surface area (Å²) in [5, 5.41) is 12.3. The van der Waals surface area contributed by atoms with Crippen LogP contribution in [0.4, 0.5) is 0 Å². The smallest absolute Gasteiger partial charge is 0.341 e. The second-order valence-electron chi connectivity index (χ2n) is 5.10. The van der Waals surface area contributed by atoms with Crippen molar-refractivity contribution >= 4 is 11.9 Å². The Morgan fingerprint density at radius 1 is 1.29 bits per heavy atom. The molecule has 0 saturated carbocycles. The number of aliphatic carboxylic acids is 1. The van der Waals surface area contributed by atoms with Crippen molar-refractivity contribution in [2.75, 3.05) is 20.8 Å². The molecule has 2 aromatic rings. The van der Waals surface area contributed by atoms with Gasteiger partial charge in [0.15, 0.2) is 18.1 Å². The third-order valence-electron chi connectivity index (χ3n) is 3.12. The Morgan fingerprint density at radius 3 is 2.62 bits per heavy atom. The van der Waals surface area contributed by atoms with Crippen molar-refractivity contribution < 1.29 is 28.7 Å². The number of hydrogen-bond donors (Lipinski definition) is 1. The predicted molar refractivity (Wildman–Crippen MR) is 82.6 cm³/mol. The van der Waals surface area contributed by atoms with Crippen molar-refractivity contribution in [3.63, 3.8) is 0 Å². The van der Waals surface area contributed by atoms with E-state index in [1.807, 2.05) is 0 Å². The summed E-state index contributed by atoms with van der Waals surface area (Å²) in [4.78, 5) is 24.2. The summed E-state index contributed by atoms with van der Waals surface area (Å²) in [7, 11) is 3.18. The monoisotopic (exact) mass is 334 g/mol. The van der Waals surface area contributed by atoms with E-state index < -0.39 is 12.6 Å². The van der Waals surface area contributed by atoms with Crippen LogP contribution in [-0.4, -0.2) is 47.8 Å². The highest BCUT2D eigenvalue weighted by Crippen LogP contribution is 2.15. The van der Waals surface area contributed by atoms with E-state index >= 15 is 0 Å². The Balaban J connectivity index is 1.94. The van der Waals surface area contributed by atoms with Crippen molar-refractivity contribution in [2.45, 2.75) is 13.2 Å². The van der Waals surface area contributed by atoms with Crippen molar-refractivity contribution in [3.05, 3.63) is 47.3 Å². The summed E-state index contributed by atoms with van der Waals surface area (Å²) in [6.07, 6.45) is 0. The summed E-state index contributed by atoms with van der Waals surface area (Å²) < 4.78 is 15.0. The van der Waals surface area contributed by atoms with Crippen molar-refractivity contribution in [3.8, 4) is 5.75 Å². The molecule has 1 aromatic heterocycles. The summed E-state index contributed by atoms with van der Waals surface area (Å²) in [6, 6.07) is 8.39. The van der Waals surface area contributed by atoms with Crippen molar-refractivity contribution in [2.24, 2.45) is 0 Å². The standard InChI is InChI=1S/C16H18N2O6/c1-18(16(21)14-7-13(9-22-2)24-17-14)8-11-3-5-12(6-4-11)23-10-15(19)20/h3-7H,8-10H2,1-2H3,(H,19,20). The zero-order valence-corrected chi connectivity index (χ0v) is 13.4. The number of carboxylic acid groups (broad SMARTS) is 1. The maximum Gasteiger partial charge on any atom is 0.341 e. The maximum atomic E-state index is 12.3. The van der Waals surface area contributed by atoms with Crippen LogP contribution in [0.15, 0.2) is 34.9 Å². The number of rotatable bonds is 8. The Labute approximate surface area is 138 Å². The average Bonchev–Trinajstić information content (AvgIpc) is 3.02. The lowest BCUT2D eigenvalue weighted by Gasteiger charge is -2.15. The molecule has 2 rings (SSSR count). The molecule has 0 fully saturated rings. The fourth-order valence-corrected chi connectivity index (χ4v) is 2.00. The number of carbonyl (C=O) groups excluding carboxylic acids is 1. The molecule has 0 unspecified atom stereocenters. The molecule has 1 amide bonds. The van der Waals surface area contributed by atoms with Gasteiger partial charge in [0.25, 0.3) is 5.91 Å². The highest BCUT2D eigenvalue weighted by Gasteiger charge is 2.17. The number of hydrogen-bond acceptors (Lipinski definition) is 6. The van der Waals surface area contributed by atoms with Gasteiger partial charge in [-0.15, -0.1) is 0 Å². The fraction of sp³-hybridized carbons (Fsp3) is 0.312. The first-order valence-electron chi connectivity index (χ1n) is 7.13. The van der Waals surface area contributed by atoms with Gasteiger partial charge in [-0.05, 0) is 17.7 Å². The number of aromatic nitrogens is 1. The topological polar surface area (TPSA) is 102 Å². The Morgan fingerprint density at radius 2 is 2.00 bits per heavy atom. The molecule has 0 atom stereocenters. The first-order chi connectivity index (χ1) is 11.5. The minimum atomic E-state index is -1.04. The van der Waals surface area contributed by atoms with E-state index in [1.165, 1.54) is 12.0 Å². The van der Waals surface area contributed by atoms with Crippen LogP contribution < -0.4 is 4.74 Å². The largest absolute Gasteiger partial charge is 0.482 e. The highest BCUT2D eigenvalue weighted by molar-refractivity contribution is 5.92. The van der Waals surface area contributed by atoms with Gasteiger partial charge in [0.05, 0.1) is 0 Å². The van der Waals surface area contributed by atoms with Gasteiger partial charge in [-0.25, -0.2) is 4.79 Å². The van der Waals surface area contributed by atoms with Gasteiger partial charge in [-0.3, -0.25) is 4.79 Å². The van der Waals surface area contributed by atoms with Gasteiger partial charge in [0.2, 0.25) is 0 Å². The van der Waals surface area contributed by atoms with Gasteiger partial charge < -0.3 is 24.0 Å². The van der Waals surface area contributed by atoms with Crippen LogP contribution in [0.5, 0.6) is 5.75 Å². The normalized spacial score (nSPS) is 10.4. The van der Waals surface area contributed by atoms with E-state index in [0.29, 0.717) is 18.1 Å². The van der Waals surface area contributed by atoms with Gasteiger partial charge in [0.1, 0.15) is 12.4 Å². The first kappa shape index (κ1) is 17.5. The molecular weight excluding hydrogens is 316 g/mol. The second-order valence-corrected chi connectivity index (χ2v) is 5.10. The van der Waals surface area contributed by atoms with Crippen LogP contribution in [0.25, 0.3) is 0 Å². The van der Waals surface area contributed by atoms with Crippen molar-refractivity contribution in [1.29, 1.82) is 0 Å². The molecule has 0 spiro atoms. The van der Waals surface area contributed by atoms with Crippen LogP contribution in [0.1, 0.15) is 21.8 Å². The molecule has 0 bridgehead atoms. The molecule has 0 aliphatic carbocycles. The molecule has 0 radical (unpaired) electrons. The molecule has 8 nitrogen and oxygen atoms in total. The minimum absolute atomic E-state index is 0.214. The van der Waals surface area contributed by atoms with E-state index in [1.54, 1.807) is 37.4 Å².